The molecule has 1 atom stereocenters. The Morgan fingerprint density at radius 1 is 1.35 bits per heavy atom. The monoisotopic (exact) mass is 332 g/mol. The number of alkyl halides is 1. The van der Waals surface area contributed by atoms with Crippen LogP contribution in [0.25, 0.3) is 0 Å². The number of hydrogen-bond acceptors (Lipinski definition) is 1. The van der Waals surface area contributed by atoms with Crippen LogP contribution < -0.4 is 0 Å². The molecule has 0 saturated heterocycles. The quantitative estimate of drug-likeness (QED) is 0.647. The molecule has 0 fully saturated rings. The van der Waals surface area contributed by atoms with Gasteiger partial charge in [0.15, 0.2) is 0 Å². The molecule has 1 unspecified atom stereocenters. The third kappa shape index (κ3) is 3.09. The van der Waals surface area contributed by atoms with Gasteiger partial charge in [0.1, 0.15) is 5.82 Å². The van der Waals surface area contributed by atoms with Gasteiger partial charge in [-0.3, -0.25) is 0 Å². The van der Waals surface area contributed by atoms with Gasteiger partial charge in [0.25, 0.3) is 0 Å². The lowest BCUT2D eigenvalue weighted by atomic mass is 10.1. The Labute approximate surface area is 118 Å². The summed E-state index contributed by atoms with van der Waals surface area (Å²) in [6.07, 6.45) is 1.00. The highest BCUT2D eigenvalue weighted by Crippen LogP contribution is 2.35. The Balaban J connectivity index is 2.32. The van der Waals surface area contributed by atoms with Gasteiger partial charge in [0.2, 0.25) is 0 Å². The van der Waals surface area contributed by atoms with E-state index in [1.54, 1.807) is 11.3 Å². The summed E-state index contributed by atoms with van der Waals surface area (Å²) in [7, 11) is 0. The van der Waals surface area contributed by atoms with Crippen LogP contribution in [0, 0.1) is 5.82 Å². The molecule has 0 amide bonds. The molecule has 1 aromatic heterocycles. The van der Waals surface area contributed by atoms with Crippen molar-refractivity contribution >= 4 is 38.9 Å². The van der Waals surface area contributed by atoms with Crippen molar-refractivity contribution < 1.29 is 4.39 Å². The minimum atomic E-state index is -0.285. The molecule has 0 spiro atoms. The lowest BCUT2D eigenvalue weighted by Crippen LogP contribution is -1.91. The van der Waals surface area contributed by atoms with Gasteiger partial charge in [0, 0.05) is 14.2 Å². The van der Waals surface area contributed by atoms with E-state index in [0.717, 1.165) is 16.9 Å². The molecule has 17 heavy (non-hydrogen) atoms. The van der Waals surface area contributed by atoms with E-state index in [9.17, 15) is 4.39 Å². The largest absolute Gasteiger partial charge is 0.207 e. The molecular weight excluding hydrogens is 323 g/mol. The zero-order valence-electron chi connectivity index (χ0n) is 9.21. The smallest absolute Gasteiger partial charge is 0.124 e. The van der Waals surface area contributed by atoms with Crippen molar-refractivity contribution in [2.24, 2.45) is 0 Å². The number of hydrogen-bond donors (Lipinski definition) is 0. The van der Waals surface area contributed by atoms with Gasteiger partial charge in [-0.1, -0.05) is 22.9 Å². The molecule has 4 heteroatoms. The Hall–Kier alpha value is -0.380. The fourth-order valence-electron chi connectivity index (χ4n) is 1.61. The van der Waals surface area contributed by atoms with Crippen LogP contribution in [0.2, 0.25) is 0 Å². The van der Waals surface area contributed by atoms with Crippen LogP contribution in [0.1, 0.15) is 27.6 Å². The highest BCUT2D eigenvalue weighted by Gasteiger charge is 2.14. The summed E-state index contributed by atoms with van der Waals surface area (Å²) in [5.74, 6) is -0.271. The van der Waals surface area contributed by atoms with Crippen molar-refractivity contribution in [2.75, 3.05) is 0 Å². The van der Waals surface area contributed by atoms with E-state index in [2.05, 4.69) is 28.9 Å². The van der Waals surface area contributed by atoms with Crippen LogP contribution in [0.15, 0.2) is 34.8 Å². The van der Waals surface area contributed by atoms with Gasteiger partial charge >= 0.3 is 0 Å². The van der Waals surface area contributed by atoms with Crippen LogP contribution >= 0.6 is 38.9 Å². The van der Waals surface area contributed by atoms with Crippen LogP contribution in [-0.4, -0.2) is 0 Å². The third-order valence-electron chi connectivity index (χ3n) is 2.46. The van der Waals surface area contributed by atoms with E-state index in [0.29, 0.717) is 4.47 Å². The first-order valence-electron chi connectivity index (χ1n) is 5.29. The van der Waals surface area contributed by atoms with E-state index in [4.69, 9.17) is 11.6 Å². The summed E-state index contributed by atoms with van der Waals surface area (Å²) in [5, 5.41) is -0.285. The Morgan fingerprint density at radius 3 is 2.71 bits per heavy atom. The number of halogens is 3. The SMILES string of the molecule is CCc1ccc(C(Cl)c2cc(F)cc(Br)c2)s1. The zero-order valence-corrected chi connectivity index (χ0v) is 12.4. The Bertz CT molecular complexity index is 504. The van der Waals surface area contributed by atoms with E-state index >= 15 is 0 Å². The van der Waals surface area contributed by atoms with E-state index in [1.807, 2.05) is 12.1 Å². The Kier molecular flexibility index (Phi) is 4.23. The standard InChI is InChI=1S/C13H11BrClFS/c1-2-11-3-4-12(17-11)13(15)8-5-9(14)7-10(16)6-8/h3-7,13H,2H2,1H3. The van der Waals surface area contributed by atoms with E-state index < -0.39 is 0 Å². The minimum absolute atomic E-state index is 0.271. The molecule has 0 saturated carbocycles. The summed E-state index contributed by atoms with van der Waals surface area (Å²) in [5.41, 5.74) is 0.781. The number of aryl methyl sites for hydroxylation is 1. The zero-order chi connectivity index (χ0) is 12.4. The van der Waals surface area contributed by atoms with Crippen LogP contribution in [0.5, 0.6) is 0 Å². The first-order valence-corrected chi connectivity index (χ1v) is 7.33. The lowest BCUT2D eigenvalue weighted by Gasteiger charge is -2.08. The number of rotatable bonds is 3. The van der Waals surface area contributed by atoms with Gasteiger partial charge in [0.05, 0.1) is 5.38 Å². The maximum Gasteiger partial charge on any atom is 0.124 e. The molecule has 2 rings (SSSR count). The van der Waals surface area contributed by atoms with Crippen molar-refractivity contribution in [2.45, 2.75) is 18.7 Å². The predicted molar refractivity (Wildman–Crippen MR) is 75.5 cm³/mol. The van der Waals surface area contributed by atoms with Gasteiger partial charge in [-0.05, 0) is 42.3 Å². The molecular formula is C13H11BrClFS. The summed E-state index contributed by atoms with van der Waals surface area (Å²) in [6.45, 7) is 2.11. The number of benzene rings is 1. The fraction of sp³-hybridized carbons (Fsp3) is 0.231. The maximum atomic E-state index is 13.3. The molecule has 0 radical (unpaired) electrons. The highest BCUT2D eigenvalue weighted by atomic mass is 79.9. The fourth-order valence-corrected chi connectivity index (χ4v) is 3.38. The maximum absolute atomic E-state index is 13.3. The summed E-state index contributed by atoms with van der Waals surface area (Å²) < 4.78 is 14.0. The first-order chi connectivity index (χ1) is 8.10. The average Bonchev–Trinajstić information content (AvgIpc) is 2.75. The molecule has 1 heterocycles. The molecule has 0 nitrogen and oxygen atoms in total. The van der Waals surface area contributed by atoms with Crippen molar-refractivity contribution in [3.8, 4) is 0 Å². The first kappa shape index (κ1) is 13.1. The summed E-state index contributed by atoms with van der Waals surface area (Å²) >= 11 is 11.3. The minimum Gasteiger partial charge on any atom is -0.207 e. The summed E-state index contributed by atoms with van der Waals surface area (Å²) in [6, 6.07) is 8.85. The van der Waals surface area contributed by atoms with Crippen molar-refractivity contribution in [1.29, 1.82) is 0 Å². The van der Waals surface area contributed by atoms with Crippen molar-refractivity contribution in [3.63, 3.8) is 0 Å². The second kappa shape index (κ2) is 5.51. The molecule has 90 valence electrons. The summed E-state index contributed by atoms with van der Waals surface area (Å²) in [4.78, 5) is 2.35. The third-order valence-corrected chi connectivity index (χ3v) is 4.83. The van der Waals surface area contributed by atoms with E-state index in [1.165, 1.54) is 17.0 Å². The average molecular weight is 334 g/mol. The second-order valence-electron chi connectivity index (χ2n) is 3.72. The molecule has 2 aromatic rings. The normalized spacial score (nSPS) is 12.7. The Morgan fingerprint density at radius 2 is 2.12 bits per heavy atom. The van der Waals surface area contributed by atoms with Gasteiger partial charge in [-0.2, -0.15) is 0 Å². The van der Waals surface area contributed by atoms with E-state index in [-0.39, 0.29) is 11.2 Å². The highest BCUT2D eigenvalue weighted by molar-refractivity contribution is 9.10. The second-order valence-corrected chi connectivity index (χ2v) is 6.27. The number of thiophene rings is 1. The van der Waals surface area contributed by atoms with Crippen molar-refractivity contribution in [1.82, 2.24) is 0 Å². The molecule has 0 aliphatic heterocycles. The van der Waals surface area contributed by atoms with Gasteiger partial charge in [-0.15, -0.1) is 22.9 Å². The van der Waals surface area contributed by atoms with Gasteiger partial charge < -0.3 is 0 Å². The molecule has 1 aromatic carbocycles. The predicted octanol–water partition coefficient (Wildman–Crippen LogP) is 5.54. The van der Waals surface area contributed by atoms with Crippen LogP contribution in [0.4, 0.5) is 4.39 Å². The van der Waals surface area contributed by atoms with Crippen LogP contribution in [0.3, 0.4) is 0 Å². The topological polar surface area (TPSA) is 0 Å². The van der Waals surface area contributed by atoms with Crippen molar-refractivity contribution in [3.05, 3.63) is 55.9 Å². The van der Waals surface area contributed by atoms with Crippen LogP contribution in [-0.2, 0) is 6.42 Å². The molecule has 0 N–H and O–H groups in total. The molecule has 0 bridgehead atoms. The lowest BCUT2D eigenvalue weighted by molar-refractivity contribution is 0.625. The molecule has 0 aliphatic carbocycles. The van der Waals surface area contributed by atoms with Gasteiger partial charge in [-0.25, -0.2) is 4.39 Å². The molecule has 0 aliphatic rings.